The summed E-state index contributed by atoms with van der Waals surface area (Å²) in [7, 11) is 0. The van der Waals surface area contributed by atoms with Crippen LogP contribution in [0.25, 0.3) is 0 Å². The maximum atomic E-state index is 12.2. The Kier molecular flexibility index (Phi) is 5.77. The van der Waals surface area contributed by atoms with E-state index in [2.05, 4.69) is 5.32 Å². The van der Waals surface area contributed by atoms with Crippen molar-refractivity contribution in [3.8, 4) is 0 Å². The normalized spacial score (nSPS) is 11.5. The number of hydrogen-bond donors (Lipinski definition) is 2. The van der Waals surface area contributed by atoms with Gasteiger partial charge in [0, 0.05) is 11.3 Å². The van der Waals surface area contributed by atoms with Gasteiger partial charge in [0.1, 0.15) is 0 Å². The lowest BCUT2D eigenvalue weighted by atomic mass is 10.1. The quantitative estimate of drug-likeness (QED) is 0.484. The summed E-state index contributed by atoms with van der Waals surface area (Å²) in [6.07, 6.45) is -1.04. The van der Waals surface area contributed by atoms with Gasteiger partial charge < -0.3 is 15.8 Å². The fraction of sp³-hybridized carbons (Fsp3) is 0.167. The number of rotatable bonds is 5. The van der Waals surface area contributed by atoms with Crippen LogP contribution in [0.3, 0.4) is 0 Å². The van der Waals surface area contributed by atoms with Crippen molar-refractivity contribution >= 4 is 40.6 Å². The highest BCUT2D eigenvalue weighted by atomic mass is 35.5. The third-order valence-electron chi connectivity index (χ3n) is 3.42. The third-order valence-corrected chi connectivity index (χ3v) is 3.77. The summed E-state index contributed by atoms with van der Waals surface area (Å²) in [5.41, 5.74) is 6.99. The summed E-state index contributed by atoms with van der Waals surface area (Å²) in [5.74, 6) is -1.32. The summed E-state index contributed by atoms with van der Waals surface area (Å²) >= 11 is 5.80. The van der Waals surface area contributed by atoms with Gasteiger partial charge in [-0.2, -0.15) is 0 Å². The molecular weight excluding hydrogens is 344 g/mol. The van der Waals surface area contributed by atoms with Gasteiger partial charge in [-0.1, -0.05) is 23.7 Å². The summed E-state index contributed by atoms with van der Waals surface area (Å²) in [6.45, 7) is 2.88. The number of anilines is 2. The van der Waals surface area contributed by atoms with Crippen LogP contribution in [-0.4, -0.2) is 23.8 Å². The number of ketones is 1. The summed E-state index contributed by atoms with van der Waals surface area (Å²) in [5, 5.41) is 2.93. The zero-order chi connectivity index (χ0) is 18.6. The fourth-order valence-electron chi connectivity index (χ4n) is 2.01. The summed E-state index contributed by atoms with van der Waals surface area (Å²) < 4.78 is 5.13. The van der Waals surface area contributed by atoms with Crippen LogP contribution >= 0.6 is 11.6 Å². The number of benzene rings is 2. The van der Waals surface area contributed by atoms with Crippen LogP contribution in [0.5, 0.6) is 0 Å². The van der Waals surface area contributed by atoms with Crippen LogP contribution in [0.4, 0.5) is 11.4 Å². The Bertz CT molecular complexity index is 836. The van der Waals surface area contributed by atoms with Gasteiger partial charge in [-0.15, -0.1) is 0 Å². The smallest absolute Gasteiger partial charge is 0.338 e. The number of Topliss-reactive ketones (excluding diaryl/α,β-unsaturated/α-hetero) is 1. The minimum Gasteiger partial charge on any atom is -0.449 e. The van der Waals surface area contributed by atoms with E-state index in [1.807, 2.05) is 0 Å². The van der Waals surface area contributed by atoms with Crippen LogP contribution < -0.4 is 11.1 Å². The van der Waals surface area contributed by atoms with E-state index in [0.29, 0.717) is 16.3 Å². The van der Waals surface area contributed by atoms with Crippen LogP contribution in [0.15, 0.2) is 42.5 Å². The molecule has 0 fully saturated rings. The molecule has 0 bridgehead atoms. The highest BCUT2D eigenvalue weighted by Gasteiger charge is 2.19. The lowest BCUT2D eigenvalue weighted by Gasteiger charge is -2.14. The van der Waals surface area contributed by atoms with Crippen molar-refractivity contribution in [1.29, 1.82) is 0 Å². The van der Waals surface area contributed by atoms with Gasteiger partial charge in [-0.3, -0.25) is 9.59 Å². The topological polar surface area (TPSA) is 98.5 Å². The van der Waals surface area contributed by atoms with Gasteiger partial charge >= 0.3 is 5.97 Å². The molecule has 0 aliphatic heterocycles. The van der Waals surface area contributed by atoms with E-state index in [1.54, 1.807) is 24.3 Å². The van der Waals surface area contributed by atoms with Crippen LogP contribution in [0.2, 0.25) is 5.02 Å². The Labute approximate surface area is 149 Å². The molecule has 1 atom stereocenters. The van der Waals surface area contributed by atoms with Crippen LogP contribution in [0, 0.1) is 0 Å². The second-order valence-corrected chi connectivity index (χ2v) is 5.82. The van der Waals surface area contributed by atoms with E-state index in [1.165, 1.54) is 32.0 Å². The highest BCUT2D eigenvalue weighted by Crippen LogP contribution is 2.20. The number of amides is 1. The number of nitrogens with two attached hydrogens (primary N) is 1. The van der Waals surface area contributed by atoms with Gasteiger partial charge in [0.05, 0.1) is 16.3 Å². The second kappa shape index (κ2) is 7.81. The molecule has 7 heteroatoms. The highest BCUT2D eigenvalue weighted by molar-refractivity contribution is 6.33. The lowest BCUT2D eigenvalue weighted by molar-refractivity contribution is -0.123. The molecule has 130 valence electrons. The maximum Gasteiger partial charge on any atom is 0.338 e. The molecule has 1 unspecified atom stereocenters. The number of halogens is 1. The molecule has 0 saturated heterocycles. The molecule has 0 radical (unpaired) electrons. The van der Waals surface area contributed by atoms with Gasteiger partial charge in [0.15, 0.2) is 11.9 Å². The standard InChI is InChI=1S/C18H17ClN2O4/c1-10(22)12-4-3-5-14(8-12)21-17(23)11(2)25-18(24)13-6-7-15(19)16(20)9-13/h3-9,11H,20H2,1-2H3,(H,21,23). The van der Waals surface area contributed by atoms with E-state index in [0.717, 1.165) is 0 Å². The molecule has 3 N–H and O–H groups in total. The molecule has 0 aromatic heterocycles. The first kappa shape index (κ1) is 18.5. The molecule has 0 aliphatic carbocycles. The van der Waals surface area contributed by atoms with Crippen molar-refractivity contribution in [2.24, 2.45) is 0 Å². The van der Waals surface area contributed by atoms with Gasteiger partial charge in [-0.05, 0) is 44.2 Å². The average Bonchev–Trinajstić information content (AvgIpc) is 2.57. The zero-order valence-electron chi connectivity index (χ0n) is 13.7. The summed E-state index contributed by atoms with van der Waals surface area (Å²) in [6, 6.07) is 10.8. The number of ether oxygens (including phenoxy) is 1. The van der Waals surface area contributed by atoms with Crippen molar-refractivity contribution < 1.29 is 19.1 Å². The van der Waals surface area contributed by atoms with Crippen molar-refractivity contribution in [1.82, 2.24) is 0 Å². The summed E-state index contributed by atoms with van der Waals surface area (Å²) in [4.78, 5) is 35.6. The predicted octanol–water partition coefficient (Wildman–Crippen LogP) is 3.31. The molecule has 0 heterocycles. The third kappa shape index (κ3) is 4.81. The zero-order valence-corrected chi connectivity index (χ0v) is 14.5. The second-order valence-electron chi connectivity index (χ2n) is 5.41. The number of hydrogen-bond acceptors (Lipinski definition) is 5. The maximum absolute atomic E-state index is 12.2. The van der Waals surface area contributed by atoms with Crippen LogP contribution in [0.1, 0.15) is 34.6 Å². The van der Waals surface area contributed by atoms with Crippen molar-refractivity contribution in [2.45, 2.75) is 20.0 Å². The SMILES string of the molecule is CC(=O)c1cccc(NC(=O)C(C)OC(=O)c2ccc(Cl)c(N)c2)c1. The molecular formula is C18H17ClN2O4. The van der Waals surface area contributed by atoms with Crippen molar-refractivity contribution in [3.05, 3.63) is 58.6 Å². The average molecular weight is 361 g/mol. The first-order valence-corrected chi connectivity index (χ1v) is 7.83. The van der Waals surface area contributed by atoms with E-state index in [-0.39, 0.29) is 17.0 Å². The molecule has 0 aliphatic rings. The van der Waals surface area contributed by atoms with Crippen molar-refractivity contribution in [3.63, 3.8) is 0 Å². The van der Waals surface area contributed by atoms with Gasteiger partial charge in [-0.25, -0.2) is 4.79 Å². The van der Waals surface area contributed by atoms with E-state index in [9.17, 15) is 14.4 Å². The lowest BCUT2D eigenvalue weighted by Crippen LogP contribution is -2.30. The first-order chi connectivity index (χ1) is 11.8. The minimum atomic E-state index is -1.04. The largest absolute Gasteiger partial charge is 0.449 e. The minimum absolute atomic E-state index is 0.115. The number of esters is 1. The molecule has 2 rings (SSSR count). The van der Waals surface area contributed by atoms with Gasteiger partial charge in [0.2, 0.25) is 0 Å². The predicted molar refractivity (Wildman–Crippen MR) is 95.8 cm³/mol. The molecule has 2 aromatic carbocycles. The molecule has 1 amide bonds. The van der Waals surface area contributed by atoms with Gasteiger partial charge in [0.25, 0.3) is 5.91 Å². The number of nitrogen functional groups attached to an aromatic ring is 1. The molecule has 25 heavy (non-hydrogen) atoms. The Morgan fingerprint density at radius 1 is 1.12 bits per heavy atom. The fourth-order valence-corrected chi connectivity index (χ4v) is 2.13. The molecule has 0 saturated carbocycles. The molecule has 0 spiro atoms. The molecule has 6 nitrogen and oxygen atoms in total. The van der Waals surface area contributed by atoms with Crippen LogP contribution in [-0.2, 0) is 9.53 Å². The van der Waals surface area contributed by atoms with E-state index >= 15 is 0 Å². The molecule has 2 aromatic rings. The number of carbonyl (C=O) groups is 3. The Morgan fingerprint density at radius 3 is 2.48 bits per heavy atom. The number of carbonyl (C=O) groups excluding carboxylic acids is 3. The van der Waals surface area contributed by atoms with E-state index in [4.69, 9.17) is 22.1 Å². The Balaban J connectivity index is 2.02. The van der Waals surface area contributed by atoms with Crippen molar-refractivity contribution in [2.75, 3.05) is 11.1 Å². The number of nitrogens with one attached hydrogen (secondary N) is 1. The first-order valence-electron chi connectivity index (χ1n) is 7.46. The monoisotopic (exact) mass is 360 g/mol. The van der Waals surface area contributed by atoms with E-state index < -0.39 is 18.0 Å². The Morgan fingerprint density at radius 2 is 1.84 bits per heavy atom. The Hall–Kier alpha value is -2.86.